The lowest BCUT2D eigenvalue weighted by Gasteiger charge is -2.28. The summed E-state index contributed by atoms with van der Waals surface area (Å²) in [5.41, 5.74) is 3.49. The predicted molar refractivity (Wildman–Crippen MR) is 96.0 cm³/mol. The lowest BCUT2D eigenvalue weighted by Crippen LogP contribution is -2.37. The number of ketones is 1. The molecular formula is C21H25NO. The standard InChI is InChI=1S/C21H25NO/c1-17(2)14-21(23)18(3)22(15-19-10-6-4-7-11-19)16-20-12-8-5-9-13-20/h4-14,18H,15-16H2,1-3H3/t18-/m0/s1. The van der Waals surface area contributed by atoms with Gasteiger partial charge < -0.3 is 0 Å². The topological polar surface area (TPSA) is 20.3 Å². The van der Waals surface area contributed by atoms with Gasteiger partial charge in [0.15, 0.2) is 5.78 Å². The summed E-state index contributed by atoms with van der Waals surface area (Å²) < 4.78 is 0. The van der Waals surface area contributed by atoms with Crippen LogP contribution in [0.4, 0.5) is 0 Å². The molecule has 23 heavy (non-hydrogen) atoms. The van der Waals surface area contributed by atoms with Crippen molar-refractivity contribution in [3.8, 4) is 0 Å². The summed E-state index contributed by atoms with van der Waals surface area (Å²) in [5.74, 6) is 0.164. The molecule has 0 unspecified atom stereocenters. The van der Waals surface area contributed by atoms with Crippen LogP contribution in [0.1, 0.15) is 31.9 Å². The first-order chi connectivity index (χ1) is 11.1. The van der Waals surface area contributed by atoms with E-state index in [1.807, 2.05) is 57.2 Å². The van der Waals surface area contributed by atoms with E-state index in [1.165, 1.54) is 11.1 Å². The van der Waals surface area contributed by atoms with Crippen LogP contribution in [0.15, 0.2) is 72.3 Å². The number of rotatable bonds is 7. The fourth-order valence-corrected chi connectivity index (χ4v) is 2.55. The zero-order valence-corrected chi connectivity index (χ0v) is 14.2. The van der Waals surface area contributed by atoms with Crippen LogP contribution in [0.2, 0.25) is 0 Å². The highest BCUT2D eigenvalue weighted by atomic mass is 16.1. The van der Waals surface area contributed by atoms with Crippen molar-refractivity contribution >= 4 is 5.78 Å². The van der Waals surface area contributed by atoms with Crippen molar-refractivity contribution in [3.63, 3.8) is 0 Å². The molecule has 0 saturated heterocycles. The maximum absolute atomic E-state index is 12.5. The van der Waals surface area contributed by atoms with Crippen molar-refractivity contribution in [2.24, 2.45) is 0 Å². The molecule has 0 aliphatic rings. The Morgan fingerprint density at radius 2 is 1.35 bits per heavy atom. The summed E-state index contributed by atoms with van der Waals surface area (Å²) in [5, 5.41) is 0. The van der Waals surface area contributed by atoms with E-state index in [9.17, 15) is 4.79 Å². The molecule has 0 N–H and O–H groups in total. The first-order valence-corrected chi connectivity index (χ1v) is 8.07. The highest BCUT2D eigenvalue weighted by Gasteiger charge is 2.20. The molecule has 1 atom stereocenters. The second-order valence-electron chi connectivity index (χ2n) is 6.18. The van der Waals surface area contributed by atoms with Gasteiger partial charge in [0.2, 0.25) is 0 Å². The average molecular weight is 307 g/mol. The fraction of sp³-hybridized carbons (Fsp3) is 0.286. The van der Waals surface area contributed by atoms with Gasteiger partial charge >= 0.3 is 0 Å². The smallest absolute Gasteiger partial charge is 0.172 e. The molecule has 0 amide bonds. The van der Waals surface area contributed by atoms with Gasteiger partial charge in [-0.3, -0.25) is 9.69 Å². The van der Waals surface area contributed by atoms with Crippen LogP contribution >= 0.6 is 0 Å². The maximum atomic E-state index is 12.5. The monoisotopic (exact) mass is 307 g/mol. The number of benzene rings is 2. The highest BCUT2D eigenvalue weighted by molar-refractivity contribution is 5.94. The van der Waals surface area contributed by atoms with Gasteiger partial charge in [-0.05, 0) is 38.0 Å². The second-order valence-corrected chi connectivity index (χ2v) is 6.18. The number of allylic oxidation sites excluding steroid dienone is 1. The molecule has 2 nitrogen and oxygen atoms in total. The highest BCUT2D eigenvalue weighted by Crippen LogP contribution is 2.14. The fourth-order valence-electron chi connectivity index (χ4n) is 2.55. The van der Waals surface area contributed by atoms with Crippen LogP contribution in [0.3, 0.4) is 0 Å². The van der Waals surface area contributed by atoms with Gasteiger partial charge in [0.1, 0.15) is 0 Å². The van der Waals surface area contributed by atoms with Crippen LogP contribution in [0.5, 0.6) is 0 Å². The molecule has 0 bridgehead atoms. The largest absolute Gasteiger partial charge is 0.293 e. The summed E-state index contributed by atoms with van der Waals surface area (Å²) in [4.78, 5) is 14.7. The number of carbonyl (C=O) groups is 1. The van der Waals surface area contributed by atoms with Crippen LogP contribution in [-0.4, -0.2) is 16.7 Å². The van der Waals surface area contributed by atoms with E-state index >= 15 is 0 Å². The molecule has 120 valence electrons. The van der Waals surface area contributed by atoms with Gasteiger partial charge in [0.25, 0.3) is 0 Å². The van der Waals surface area contributed by atoms with E-state index in [1.54, 1.807) is 6.08 Å². The third-order valence-electron chi connectivity index (χ3n) is 3.85. The third kappa shape index (κ3) is 5.50. The second kappa shape index (κ2) is 8.44. The minimum Gasteiger partial charge on any atom is -0.293 e. The molecule has 0 fully saturated rings. The Morgan fingerprint density at radius 3 is 1.74 bits per heavy atom. The van der Waals surface area contributed by atoms with E-state index in [0.29, 0.717) is 0 Å². The molecule has 0 aliphatic heterocycles. The minimum absolute atomic E-state index is 0.148. The van der Waals surface area contributed by atoms with Crippen LogP contribution in [-0.2, 0) is 17.9 Å². The Hall–Kier alpha value is -2.19. The molecule has 0 saturated carbocycles. The minimum atomic E-state index is -0.148. The Labute approximate surface area is 139 Å². The van der Waals surface area contributed by atoms with E-state index in [2.05, 4.69) is 29.2 Å². The van der Waals surface area contributed by atoms with Crippen molar-refractivity contribution in [2.75, 3.05) is 0 Å². The number of carbonyl (C=O) groups excluding carboxylic acids is 1. The molecule has 0 aliphatic carbocycles. The summed E-state index contributed by atoms with van der Waals surface area (Å²) in [6.07, 6.45) is 1.74. The molecule has 0 radical (unpaired) electrons. The van der Waals surface area contributed by atoms with E-state index in [-0.39, 0.29) is 11.8 Å². The molecule has 2 aromatic rings. The van der Waals surface area contributed by atoms with Gasteiger partial charge in [0, 0.05) is 13.1 Å². The molecule has 2 aromatic carbocycles. The van der Waals surface area contributed by atoms with Gasteiger partial charge in [-0.2, -0.15) is 0 Å². The molecule has 0 aromatic heterocycles. The summed E-state index contributed by atoms with van der Waals surface area (Å²) in [7, 11) is 0. The lowest BCUT2D eigenvalue weighted by molar-refractivity contribution is -0.119. The zero-order chi connectivity index (χ0) is 16.7. The van der Waals surface area contributed by atoms with Crippen LogP contribution < -0.4 is 0 Å². The summed E-state index contributed by atoms with van der Waals surface area (Å²) in [6, 6.07) is 20.5. The van der Waals surface area contributed by atoms with Crippen LogP contribution in [0, 0.1) is 0 Å². The molecule has 2 heteroatoms. The quantitative estimate of drug-likeness (QED) is 0.696. The van der Waals surface area contributed by atoms with Crippen molar-refractivity contribution in [3.05, 3.63) is 83.4 Å². The Morgan fingerprint density at radius 1 is 0.913 bits per heavy atom. The lowest BCUT2D eigenvalue weighted by atomic mass is 10.1. The normalized spacial score (nSPS) is 12.0. The van der Waals surface area contributed by atoms with E-state index < -0.39 is 0 Å². The molecule has 0 heterocycles. The number of nitrogens with zero attached hydrogens (tertiary/aromatic N) is 1. The SMILES string of the molecule is CC(C)=CC(=O)[C@H](C)N(Cc1ccccc1)Cc1ccccc1. The molecular weight excluding hydrogens is 282 g/mol. The number of hydrogen-bond acceptors (Lipinski definition) is 2. The Balaban J connectivity index is 2.20. The van der Waals surface area contributed by atoms with Gasteiger partial charge in [-0.15, -0.1) is 0 Å². The van der Waals surface area contributed by atoms with Crippen molar-refractivity contribution in [1.82, 2.24) is 4.90 Å². The maximum Gasteiger partial charge on any atom is 0.172 e. The third-order valence-corrected chi connectivity index (χ3v) is 3.85. The number of hydrogen-bond donors (Lipinski definition) is 0. The first kappa shape index (κ1) is 17.2. The first-order valence-electron chi connectivity index (χ1n) is 8.07. The van der Waals surface area contributed by atoms with Gasteiger partial charge in [0.05, 0.1) is 6.04 Å². The average Bonchev–Trinajstić information content (AvgIpc) is 2.55. The van der Waals surface area contributed by atoms with Gasteiger partial charge in [-0.25, -0.2) is 0 Å². The Bertz CT molecular complexity index is 601. The van der Waals surface area contributed by atoms with E-state index in [4.69, 9.17) is 0 Å². The Kier molecular flexibility index (Phi) is 6.30. The molecule has 2 rings (SSSR count). The van der Waals surface area contributed by atoms with E-state index in [0.717, 1.165) is 18.7 Å². The van der Waals surface area contributed by atoms with Crippen LogP contribution in [0.25, 0.3) is 0 Å². The summed E-state index contributed by atoms with van der Waals surface area (Å²) in [6.45, 7) is 7.44. The van der Waals surface area contributed by atoms with Gasteiger partial charge in [-0.1, -0.05) is 66.2 Å². The van der Waals surface area contributed by atoms with Crippen molar-refractivity contribution in [2.45, 2.75) is 39.9 Å². The molecule has 0 spiro atoms. The van der Waals surface area contributed by atoms with Crippen molar-refractivity contribution < 1.29 is 4.79 Å². The van der Waals surface area contributed by atoms with Crippen molar-refractivity contribution in [1.29, 1.82) is 0 Å². The predicted octanol–water partition coefficient (Wildman–Crippen LogP) is 4.61. The summed E-state index contributed by atoms with van der Waals surface area (Å²) >= 11 is 0. The zero-order valence-electron chi connectivity index (χ0n) is 14.2.